The highest BCUT2D eigenvalue weighted by molar-refractivity contribution is 5.36. The van der Waals surface area contributed by atoms with Crippen LogP contribution in [-0.2, 0) is 11.3 Å². The number of ether oxygens (including phenoxy) is 1. The van der Waals surface area contributed by atoms with Crippen molar-refractivity contribution in [1.29, 1.82) is 0 Å². The molecule has 2 aromatic rings. The first-order valence-electron chi connectivity index (χ1n) is 6.33. The second-order valence-electron chi connectivity index (χ2n) is 4.58. The minimum absolute atomic E-state index is 0.384. The van der Waals surface area contributed by atoms with Gasteiger partial charge < -0.3 is 10.1 Å². The van der Waals surface area contributed by atoms with Crippen molar-refractivity contribution in [3.8, 4) is 0 Å². The molecule has 1 aliphatic heterocycles. The normalized spacial score (nSPS) is 18.7. The lowest BCUT2D eigenvalue weighted by Crippen LogP contribution is -2.06. The Morgan fingerprint density at radius 3 is 3.16 bits per heavy atom. The van der Waals surface area contributed by atoms with E-state index in [2.05, 4.69) is 30.5 Å². The molecule has 7 heteroatoms. The summed E-state index contributed by atoms with van der Waals surface area (Å²) >= 11 is 0. The topological polar surface area (TPSA) is 88.6 Å². The smallest absolute Gasteiger partial charge is 0.169 e. The molecule has 0 unspecified atom stereocenters. The maximum atomic E-state index is 5.38. The fourth-order valence-electron chi connectivity index (χ4n) is 2.10. The van der Waals surface area contributed by atoms with E-state index >= 15 is 0 Å². The Morgan fingerprint density at radius 2 is 2.42 bits per heavy atom. The average Bonchev–Trinajstić information content (AvgIpc) is 3.08. The van der Waals surface area contributed by atoms with Crippen molar-refractivity contribution < 1.29 is 4.74 Å². The van der Waals surface area contributed by atoms with Crippen LogP contribution in [0.15, 0.2) is 12.4 Å². The predicted molar refractivity (Wildman–Crippen MR) is 68.7 cm³/mol. The molecule has 0 bridgehead atoms. The predicted octanol–water partition coefficient (Wildman–Crippen LogP) is 1.02. The molecule has 0 radical (unpaired) electrons. The van der Waals surface area contributed by atoms with Gasteiger partial charge in [-0.2, -0.15) is 5.10 Å². The van der Waals surface area contributed by atoms with Crippen LogP contribution in [0.2, 0.25) is 0 Å². The van der Waals surface area contributed by atoms with Gasteiger partial charge in [-0.05, 0) is 13.3 Å². The minimum Gasteiger partial charge on any atom is -0.381 e. The lowest BCUT2D eigenvalue weighted by atomic mass is 10.1. The molecule has 0 spiro atoms. The van der Waals surface area contributed by atoms with Crippen LogP contribution < -0.4 is 5.32 Å². The van der Waals surface area contributed by atoms with Crippen molar-refractivity contribution >= 4 is 5.82 Å². The lowest BCUT2D eigenvalue weighted by molar-refractivity contribution is 0.193. The zero-order chi connectivity index (χ0) is 13.1. The van der Waals surface area contributed by atoms with Gasteiger partial charge in [0.2, 0.25) is 0 Å². The molecule has 2 aromatic heterocycles. The molecule has 2 N–H and O–H groups in total. The van der Waals surface area contributed by atoms with Gasteiger partial charge in [0.05, 0.1) is 18.8 Å². The van der Waals surface area contributed by atoms with Crippen LogP contribution in [0.4, 0.5) is 5.82 Å². The van der Waals surface area contributed by atoms with Gasteiger partial charge in [0.1, 0.15) is 18.0 Å². The quantitative estimate of drug-likeness (QED) is 0.853. The molecule has 0 aromatic carbocycles. The number of aryl methyl sites for hydroxylation is 1. The van der Waals surface area contributed by atoms with Crippen LogP contribution in [0.3, 0.4) is 0 Å². The molecule has 1 aliphatic rings. The summed E-state index contributed by atoms with van der Waals surface area (Å²) in [7, 11) is 0. The second-order valence-corrected chi connectivity index (χ2v) is 4.58. The van der Waals surface area contributed by atoms with Crippen LogP contribution in [0.1, 0.15) is 29.7 Å². The molecular formula is C12H16N6O. The Labute approximate surface area is 110 Å². The molecule has 3 heterocycles. The highest BCUT2D eigenvalue weighted by Crippen LogP contribution is 2.24. The van der Waals surface area contributed by atoms with Gasteiger partial charge in [0.25, 0.3) is 0 Å². The first kappa shape index (κ1) is 12.0. The molecule has 0 aliphatic carbocycles. The summed E-state index contributed by atoms with van der Waals surface area (Å²) in [5.74, 6) is 2.71. The van der Waals surface area contributed by atoms with Crippen molar-refractivity contribution in [2.75, 3.05) is 18.5 Å². The molecule has 19 heavy (non-hydrogen) atoms. The zero-order valence-electron chi connectivity index (χ0n) is 10.8. The summed E-state index contributed by atoms with van der Waals surface area (Å²) in [5.41, 5.74) is 1.03. The van der Waals surface area contributed by atoms with Crippen molar-refractivity contribution in [2.24, 2.45) is 0 Å². The van der Waals surface area contributed by atoms with E-state index in [9.17, 15) is 0 Å². The Kier molecular flexibility index (Phi) is 3.37. The number of aromatic nitrogens is 5. The largest absolute Gasteiger partial charge is 0.381 e. The third kappa shape index (κ3) is 2.87. The summed E-state index contributed by atoms with van der Waals surface area (Å²) in [5, 5.41) is 10.1. The highest BCUT2D eigenvalue weighted by Gasteiger charge is 2.19. The number of hydrogen-bond donors (Lipinski definition) is 2. The van der Waals surface area contributed by atoms with Crippen molar-refractivity contribution in [3.63, 3.8) is 0 Å². The van der Waals surface area contributed by atoms with E-state index in [1.54, 1.807) is 6.33 Å². The number of nitrogens with zero attached hydrogens (tertiary/aromatic N) is 4. The summed E-state index contributed by atoms with van der Waals surface area (Å²) in [6.07, 6.45) is 2.61. The van der Waals surface area contributed by atoms with Gasteiger partial charge in [-0.1, -0.05) is 0 Å². The van der Waals surface area contributed by atoms with E-state index in [1.165, 1.54) is 0 Å². The molecule has 7 nitrogen and oxygen atoms in total. The summed E-state index contributed by atoms with van der Waals surface area (Å²) in [6.45, 7) is 3.98. The van der Waals surface area contributed by atoms with Gasteiger partial charge in [-0.3, -0.25) is 5.10 Å². The Bertz CT molecular complexity index is 549. The highest BCUT2D eigenvalue weighted by atomic mass is 16.5. The molecule has 1 atom stereocenters. The zero-order valence-corrected chi connectivity index (χ0v) is 10.8. The van der Waals surface area contributed by atoms with E-state index in [0.717, 1.165) is 42.8 Å². The molecule has 100 valence electrons. The number of nitrogens with one attached hydrogen (secondary N) is 2. The van der Waals surface area contributed by atoms with Crippen molar-refractivity contribution in [2.45, 2.75) is 25.8 Å². The number of anilines is 1. The molecule has 1 saturated heterocycles. The number of rotatable bonds is 4. The average molecular weight is 260 g/mol. The van der Waals surface area contributed by atoms with Crippen LogP contribution in [0.5, 0.6) is 0 Å². The van der Waals surface area contributed by atoms with E-state index in [1.807, 2.05) is 13.0 Å². The molecule has 3 rings (SSSR count). The molecule has 0 saturated carbocycles. The monoisotopic (exact) mass is 260 g/mol. The maximum absolute atomic E-state index is 5.38. The van der Waals surface area contributed by atoms with Crippen molar-refractivity contribution in [1.82, 2.24) is 25.1 Å². The van der Waals surface area contributed by atoms with E-state index in [-0.39, 0.29) is 0 Å². The second kappa shape index (κ2) is 5.31. The molecule has 1 fully saturated rings. The summed E-state index contributed by atoms with van der Waals surface area (Å²) in [4.78, 5) is 12.7. The van der Waals surface area contributed by atoms with Crippen LogP contribution in [-0.4, -0.2) is 38.4 Å². The molecular weight excluding hydrogens is 244 g/mol. The van der Waals surface area contributed by atoms with E-state index in [4.69, 9.17) is 4.74 Å². The standard InChI is InChI=1S/C12H16N6O/c1-8-16-12(18-17-8)5-13-11-4-10(14-7-15-11)9-2-3-19-6-9/h4,7,9H,2-3,5-6H2,1H3,(H,13,14,15)(H,16,17,18)/t9-/m0/s1. The number of hydrogen-bond acceptors (Lipinski definition) is 6. The Balaban J connectivity index is 1.65. The maximum Gasteiger partial charge on any atom is 0.169 e. The lowest BCUT2D eigenvalue weighted by Gasteiger charge is -2.08. The number of aromatic amines is 1. The fraction of sp³-hybridized carbons (Fsp3) is 0.500. The van der Waals surface area contributed by atoms with Crippen LogP contribution >= 0.6 is 0 Å². The SMILES string of the molecule is Cc1nc(CNc2cc([C@H]3CCOC3)ncn2)n[nH]1. The van der Waals surface area contributed by atoms with Crippen LogP contribution in [0, 0.1) is 6.92 Å². The third-order valence-corrected chi connectivity index (χ3v) is 3.11. The van der Waals surface area contributed by atoms with Crippen LogP contribution in [0.25, 0.3) is 0 Å². The van der Waals surface area contributed by atoms with Crippen molar-refractivity contribution in [3.05, 3.63) is 29.7 Å². The first-order chi connectivity index (χ1) is 9.31. The summed E-state index contributed by atoms with van der Waals surface area (Å²) in [6, 6.07) is 1.97. The molecule has 0 amide bonds. The number of H-pyrrole nitrogens is 1. The van der Waals surface area contributed by atoms with Gasteiger partial charge in [0, 0.05) is 18.6 Å². The van der Waals surface area contributed by atoms with Gasteiger partial charge in [0.15, 0.2) is 5.82 Å². The minimum atomic E-state index is 0.384. The Hall–Kier alpha value is -2.02. The first-order valence-corrected chi connectivity index (χ1v) is 6.33. The fourth-order valence-corrected chi connectivity index (χ4v) is 2.10. The summed E-state index contributed by atoms with van der Waals surface area (Å²) < 4.78 is 5.38. The Morgan fingerprint density at radius 1 is 1.47 bits per heavy atom. The van der Waals surface area contributed by atoms with E-state index < -0.39 is 0 Å². The van der Waals surface area contributed by atoms with E-state index in [0.29, 0.717) is 12.5 Å². The van der Waals surface area contributed by atoms with Gasteiger partial charge in [-0.25, -0.2) is 15.0 Å². The van der Waals surface area contributed by atoms with Gasteiger partial charge >= 0.3 is 0 Å². The third-order valence-electron chi connectivity index (χ3n) is 3.11. The van der Waals surface area contributed by atoms with Gasteiger partial charge in [-0.15, -0.1) is 0 Å².